The lowest BCUT2D eigenvalue weighted by Gasteiger charge is -2.21. The molecule has 0 atom stereocenters. The normalized spacial score (nSPS) is 12.6. The van der Waals surface area contributed by atoms with Crippen LogP contribution in [0.5, 0.6) is 0 Å². The van der Waals surface area contributed by atoms with Gasteiger partial charge in [-0.3, -0.25) is 4.72 Å². The Bertz CT molecular complexity index is 1140. The lowest BCUT2D eigenvalue weighted by atomic mass is 9.87. The molecule has 0 spiro atoms. The number of pyridine rings is 1. The van der Waals surface area contributed by atoms with Gasteiger partial charge in [-0.05, 0) is 41.3 Å². The van der Waals surface area contributed by atoms with Crippen molar-refractivity contribution < 1.29 is 22.2 Å². The van der Waals surface area contributed by atoms with Gasteiger partial charge in [0.25, 0.3) is 10.0 Å². The van der Waals surface area contributed by atoms with Crippen LogP contribution >= 0.6 is 11.6 Å². The van der Waals surface area contributed by atoms with Gasteiger partial charge in [0.1, 0.15) is 0 Å². The predicted octanol–water partition coefficient (Wildman–Crippen LogP) is 5.39. The largest absolute Gasteiger partial charge is 0.300 e. The molecule has 3 rings (SSSR count). The molecule has 8 heteroatoms. The van der Waals surface area contributed by atoms with Crippen LogP contribution in [0, 0.1) is 0 Å². The first-order chi connectivity index (χ1) is 13.9. The first kappa shape index (κ1) is 22.2. The summed E-state index contributed by atoms with van der Waals surface area (Å²) in [6, 6.07) is 12.5. The van der Waals surface area contributed by atoms with Gasteiger partial charge >= 0.3 is 5.92 Å². The van der Waals surface area contributed by atoms with Crippen LogP contribution in [0.4, 0.5) is 14.5 Å². The van der Waals surface area contributed by atoms with E-state index in [0.717, 1.165) is 11.6 Å². The number of halogens is 3. The first-order valence-corrected chi connectivity index (χ1v) is 11.1. The molecule has 0 radical (unpaired) electrons. The summed E-state index contributed by atoms with van der Waals surface area (Å²) in [5.74, 6) is -3.46. The Hall–Kier alpha value is -2.51. The first-order valence-electron chi connectivity index (χ1n) is 9.19. The Balaban J connectivity index is 2.01. The fourth-order valence-corrected chi connectivity index (χ4v) is 4.21. The molecule has 2 aromatic carbocycles. The minimum atomic E-state index is -4.09. The summed E-state index contributed by atoms with van der Waals surface area (Å²) >= 11 is 5.94. The van der Waals surface area contributed by atoms with E-state index in [9.17, 15) is 8.42 Å². The van der Waals surface area contributed by atoms with Gasteiger partial charge in [-0.2, -0.15) is 8.78 Å². The lowest BCUT2D eigenvalue weighted by Crippen LogP contribution is -2.21. The third-order valence-corrected chi connectivity index (χ3v) is 6.29. The molecular weight excluding hydrogens is 430 g/mol. The van der Waals surface area contributed by atoms with Crippen molar-refractivity contribution in [3.63, 3.8) is 0 Å². The zero-order chi connectivity index (χ0) is 22.2. The molecule has 1 aromatic heterocycles. The monoisotopic (exact) mass is 451 g/mol. The number of H-pyrrole nitrogens is 1. The van der Waals surface area contributed by atoms with Crippen LogP contribution < -0.4 is 9.71 Å². The van der Waals surface area contributed by atoms with Crippen molar-refractivity contribution in [1.82, 2.24) is 0 Å². The van der Waals surface area contributed by atoms with Crippen molar-refractivity contribution in [3.05, 3.63) is 88.7 Å². The SMILES string of the molecule is CC(C)(C)c1ccc(S(=O)(=O)Nc2ccc(Cl)cc2C(F)(F)c2cc[nH+]cc2)cc1. The molecule has 4 nitrogen and oxygen atoms in total. The number of hydrogen-bond acceptors (Lipinski definition) is 2. The highest BCUT2D eigenvalue weighted by Crippen LogP contribution is 2.41. The molecular formula is C22H22ClF2N2O2S+. The molecule has 2 N–H and O–H groups in total. The molecule has 0 amide bonds. The molecule has 0 bridgehead atoms. The van der Waals surface area contributed by atoms with Crippen molar-refractivity contribution in [2.75, 3.05) is 4.72 Å². The second-order valence-electron chi connectivity index (χ2n) is 7.93. The average molecular weight is 452 g/mol. The van der Waals surface area contributed by atoms with Gasteiger partial charge in [0, 0.05) is 22.7 Å². The summed E-state index contributed by atoms with van der Waals surface area (Å²) in [5, 5.41) is 0.0737. The van der Waals surface area contributed by atoms with Gasteiger partial charge in [-0.1, -0.05) is 44.5 Å². The molecule has 0 aliphatic heterocycles. The molecule has 158 valence electrons. The van der Waals surface area contributed by atoms with E-state index in [1.54, 1.807) is 12.1 Å². The second-order valence-corrected chi connectivity index (χ2v) is 10.1. The fraction of sp³-hybridized carbons (Fsp3) is 0.227. The van der Waals surface area contributed by atoms with Gasteiger partial charge in [0.2, 0.25) is 0 Å². The number of aromatic nitrogens is 1. The van der Waals surface area contributed by atoms with Crippen LogP contribution in [0.1, 0.15) is 37.5 Å². The highest BCUT2D eigenvalue weighted by molar-refractivity contribution is 7.92. The minimum Gasteiger partial charge on any atom is -0.279 e. The number of rotatable bonds is 5. The molecule has 0 saturated carbocycles. The van der Waals surface area contributed by atoms with E-state index < -0.39 is 21.5 Å². The molecule has 0 unspecified atom stereocenters. The number of hydrogen-bond donors (Lipinski definition) is 1. The summed E-state index contributed by atoms with van der Waals surface area (Å²) in [6.07, 6.45) is 2.74. The van der Waals surface area contributed by atoms with Crippen LogP contribution in [0.3, 0.4) is 0 Å². The molecule has 0 aliphatic carbocycles. The van der Waals surface area contributed by atoms with Crippen LogP contribution in [0.25, 0.3) is 0 Å². The van der Waals surface area contributed by atoms with Gasteiger partial charge in [0.05, 0.1) is 16.1 Å². The van der Waals surface area contributed by atoms with Crippen LogP contribution in [0.15, 0.2) is 71.9 Å². The van der Waals surface area contributed by atoms with Crippen molar-refractivity contribution in [2.45, 2.75) is 37.0 Å². The number of alkyl halides is 2. The Morgan fingerprint density at radius 1 is 0.900 bits per heavy atom. The zero-order valence-electron chi connectivity index (χ0n) is 16.7. The van der Waals surface area contributed by atoms with Crippen LogP contribution in [-0.2, 0) is 21.4 Å². The fourth-order valence-electron chi connectivity index (χ4n) is 2.95. The topological polar surface area (TPSA) is 60.3 Å². The van der Waals surface area contributed by atoms with Crippen LogP contribution in [-0.4, -0.2) is 8.42 Å². The van der Waals surface area contributed by atoms with E-state index >= 15 is 8.78 Å². The van der Waals surface area contributed by atoms with Gasteiger partial charge in [-0.15, -0.1) is 0 Å². The van der Waals surface area contributed by atoms with E-state index in [4.69, 9.17) is 11.6 Å². The number of anilines is 1. The highest BCUT2D eigenvalue weighted by Gasteiger charge is 2.38. The van der Waals surface area contributed by atoms with Crippen molar-refractivity contribution in [1.29, 1.82) is 0 Å². The predicted molar refractivity (Wildman–Crippen MR) is 113 cm³/mol. The van der Waals surface area contributed by atoms with Crippen molar-refractivity contribution in [2.24, 2.45) is 0 Å². The Morgan fingerprint density at radius 2 is 1.50 bits per heavy atom. The van der Waals surface area contributed by atoms with E-state index in [1.165, 1.54) is 48.8 Å². The van der Waals surface area contributed by atoms with Crippen LogP contribution in [0.2, 0.25) is 5.02 Å². The number of aromatic amines is 1. The van der Waals surface area contributed by atoms with E-state index in [-0.39, 0.29) is 26.6 Å². The Morgan fingerprint density at radius 3 is 2.07 bits per heavy atom. The molecule has 1 heterocycles. The quantitative estimate of drug-likeness (QED) is 0.565. The summed E-state index contributed by atoms with van der Waals surface area (Å²) < 4.78 is 58.4. The summed E-state index contributed by atoms with van der Waals surface area (Å²) in [5.41, 5.74) is -0.249. The van der Waals surface area contributed by atoms with Gasteiger partial charge < -0.3 is 0 Å². The average Bonchev–Trinajstić information content (AvgIpc) is 2.69. The maximum absolute atomic E-state index is 15.2. The van der Waals surface area contributed by atoms with E-state index in [0.29, 0.717) is 0 Å². The standard InChI is InChI=1S/C22H21ClF2N2O2S/c1-21(2,3)15-4-7-18(8-5-15)30(28,29)27-20-9-6-17(23)14-19(20)22(24,25)16-10-12-26-13-11-16/h4-14,27H,1-3H3/p+1. The highest BCUT2D eigenvalue weighted by atomic mass is 35.5. The smallest absolute Gasteiger partial charge is 0.279 e. The summed E-state index contributed by atoms with van der Waals surface area (Å²) in [7, 11) is -4.09. The third-order valence-electron chi connectivity index (χ3n) is 4.68. The second kappa shape index (κ2) is 7.96. The Kier molecular flexibility index (Phi) is 5.89. The molecule has 0 aliphatic rings. The molecule has 0 fully saturated rings. The summed E-state index contributed by atoms with van der Waals surface area (Å²) in [6.45, 7) is 6.04. The lowest BCUT2D eigenvalue weighted by molar-refractivity contribution is -0.378. The molecule has 0 saturated heterocycles. The maximum atomic E-state index is 15.2. The number of sulfonamides is 1. The molecule has 30 heavy (non-hydrogen) atoms. The zero-order valence-corrected chi connectivity index (χ0v) is 18.3. The number of nitrogens with one attached hydrogen (secondary N) is 2. The maximum Gasteiger partial charge on any atom is 0.300 e. The molecule has 3 aromatic rings. The van der Waals surface area contributed by atoms with Crippen molar-refractivity contribution in [3.8, 4) is 0 Å². The third kappa shape index (κ3) is 4.63. The van der Waals surface area contributed by atoms with Gasteiger partial charge in [-0.25, -0.2) is 13.4 Å². The van der Waals surface area contributed by atoms with E-state index in [2.05, 4.69) is 9.71 Å². The minimum absolute atomic E-state index is 0.0194. The number of benzene rings is 2. The summed E-state index contributed by atoms with van der Waals surface area (Å²) in [4.78, 5) is 2.67. The Labute approximate surface area is 180 Å². The van der Waals surface area contributed by atoms with E-state index in [1.807, 2.05) is 20.8 Å². The van der Waals surface area contributed by atoms with Crippen molar-refractivity contribution >= 4 is 27.3 Å². The van der Waals surface area contributed by atoms with Gasteiger partial charge in [0.15, 0.2) is 12.4 Å².